The molecule has 0 aliphatic heterocycles. The van der Waals surface area contributed by atoms with E-state index in [4.69, 9.17) is 16.0 Å². The number of carbonyl (C=O) groups is 1. The Kier molecular flexibility index (Phi) is 4.69. The molecule has 1 unspecified atom stereocenters. The number of hydrogen-bond donors (Lipinski definition) is 2. The van der Waals surface area contributed by atoms with Gasteiger partial charge in [-0.3, -0.25) is 4.79 Å². The molecule has 0 saturated carbocycles. The summed E-state index contributed by atoms with van der Waals surface area (Å²) in [4.78, 5) is 11.9. The molecule has 0 spiro atoms. The number of hydrogen-bond acceptors (Lipinski definition) is 3. The smallest absolute Gasteiger partial charge is 0.242 e. The summed E-state index contributed by atoms with van der Waals surface area (Å²) in [5, 5.41) is 6.59. The highest BCUT2D eigenvalue weighted by molar-refractivity contribution is 6.31. The summed E-state index contributed by atoms with van der Waals surface area (Å²) < 4.78 is 5.16. The van der Waals surface area contributed by atoms with Gasteiger partial charge in [-0.15, -0.1) is 0 Å². The van der Waals surface area contributed by atoms with Crippen molar-refractivity contribution in [2.75, 3.05) is 5.32 Å². The topological polar surface area (TPSA) is 54.3 Å². The van der Waals surface area contributed by atoms with E-state index in [1.165, 1.54) is 0 Å². The van der Waals surface area contributed by atoms with Crippen LogP contribution in [-0.2, 0) is 11.3 Å². The molecule has 106 valence electrons. The van der Waals surface area contributed by atoms with Gasteiger partial charge in [-0.1, -0.05) is 17.7 Å². The Hall–Kier alpha value is -1.94. The van der Waals surface area contributed by atoms with Crippen molar-refractivity contribution in [3.63, 3.8) is 0 Å². The Morgan fingerprint density at radius 3 is 2.85 bits per heavy atom. The van der Waals surface area contributed by atoms with Crippen LogP contribution in [0.2, 0.25) is 5.02 Å². The fourth-order valence-corrected chi connectivity index (χ4v) is 1.92. The van der Waals surface area contributed by atoms with Crippen LogP contribution >= 0.6 is 11.6 Å². The Morgan fingerprint density at radius 2 is 2.20 bits per heavy atom. The molecule has 20 heavy (non-hydrogen) atoms. The highest BCUT2D eigenvalue weighted by Crippen LogP contribution is 2.20. The van der Waals surface area contributed by atoms with Crippen LogP contribution in [0.25, 0.3) is 0 Å². The van der Waals surface area contributed by atoms with Crippen molar-refractivity contribution >= 4 is 23.2 Å². The average molecular weight is 293 g/mol. The summed E-state index contributed by atoms with van der Waals surface area (Å²) in [5.74, 6) is 0.627. The van der Waals surface area contributed by atoms with E-state index in [2.05, 4.69) is 10.6 Å². The lowest BCUT2D eigenvalue weighted by Gasteiger charge is -2.15. The largest absolute Gasteiger partial charge is 0.467 e. The Labute approximate surface area is 123 Å². The average Bonchev–Trinajstić information content (AvgIpc) is 2.93. The molecule has 0 aliphatic carbocycles. The van der Waals surface area contributed by atoms with E-state index in [0.29, 0.717) is 11.6 Å². The summed E-state index contributed by atoms with van der Waals surface area (Å²) in [6.45, 7) is 4.11. The zero-order chi connectivity index (χ0) is 14.5. The van der Waals surface area contributed by atoms with Crippen LogP contribution in [0.15, 0.2) is 41.0 Å². The van der Waals surface area contributed by atoms with Crippen LogP contribution in [-0.4, -0.2) is 11.9 Å². The second-order valence-electron chi connectivity index (χ2n) is 4.63. The van der Waals surface area contributed by atoms with E-state index in [-0.39, 0.29) is 11.9 Å². The van der Waals surface area contributed by atoms with Gasteiger partial charge in [0.1, 0.15) is 11.8 Å². The maximum Gasteiger partial charge on any atom is 0.242 e. The zero-order valence-electron chi connectivity index (χ0n) is 11.4. The third-order valence-electron chi connectivity index (χ3n) is 2.97. The molecule has 2 aromatic rings. The SMILES string of the molecule is Cc1ccc(NC(C)C(=O)NCc2ccco2)cc1Cl. The van der Waals surface area contributed by atoms with Crippen LogP contribution in [0.1, 0.15) is 18.2 Å². The van der Waals surface area contributed by atoms with Crippen molar-refractivity contribution < 1.29 is 9.21 Å². The molecule has 1 aromatic heterocycles. The first-order valence-corrected chi connectivity index (χ1v) is 6.77. The third-order valence-corrected chi connectivity index (χ3v) is 3.37. The maximum atomic E-state index is 11.9. The molecule has 0 bridgehead atoms. The van der Waals surface area contributed by atoms with E-state index in [1.54, 1.807) is 19.3 Å². The number of halogens is 1. The Morgan fingerprint density at radius 1 is 1.40 bits per heavy atom. The van der Waals surface area contributed by atoms with Gasteiger partial charge in [0.25, 0.3) is 0 Å². The van der Waals surface area contributed by atoms with Gasteiger partial charge in [-0.05, 0) is 43.7 Å². The van der Waals surface area contributed by atoms with E-state index >= 15 is 0 Å². The minimum atomic E-state index is -0.358. The minimum absolute atomic E-state index is 0.0990. The fraction of sp³-hybridized carbons (Fsp3) is 0.267. The van der Waals surface area contributed by atoms with Gasteiger partial charge in [0, 0.05) is 10.7 Å². The molecular formula is C15H17ClN2O2. The number of nitrogens with one attached hydrogen (secondary N) is 2. The normalized spacial score (nSPS) is 11.9. The quantitative estimate of drug-likeness (QED) is 0.888. The number of carbonyl (C=O) groups excluding carboxylic acids is 1. The predicted octanol–water partition coefficient (Wildman–Crippen LogP) is 3.36. The lowest BCUT2D eigenvalue weighted by atomic mass is 10.2. The van der Waals surface area contributed by atoms with Crippen molar-refractivity contribution in [3.8, 4) is 0 Å². The number of amides is 1. The summed E-state index contributed by atoms with van der Waals surface area (Å²) in [6, 6.07) is 8.88. The standard InChI is InChI=1S/C15H17ClN2O2/c1-10-5-6-12(8-14(10)16)18-11(2)15(19)17-9-13-4-3-7-20-13/h3-8,11,18H,9H2,1-2H3,(H,17,19). The maximum absolute atomic E-state index is 11.9. The molecule has 4 nitrogen and oxygen atoms in total. The molecule has 0 aliphatic rings. The van der Waals surface area contributed by atoms with Crippen LogP contribution < -0.4 is 10.6 Å². The van der Waals surface area contributed by atoms with Gasteiger partial charge < -0.3 is 15.1 Å². The van der Waals surface area contributed by atoms with Gasteiger partial charge >= 0.3 is 0 Å². The summed E-state index contributed by atoms with van der Waals surface area (Å²) in [5.41, 5.74) is 1.83. The molecule has 1 amide bonds. The second kappa shape index (κ2) is 6.48. The third kappa shape index (κ3) is 3.78. The lowest BCUT2D eigenvalue weighted by Crippen LogP contribution is -2.37. The Balaban J connectivity index is 1.88. The lowest BCUT2D eigenvalue weighted by molar-refractivity contribution is -0.121. The monoisotopic (exact) mass is 292 g/mol. The van der Waals surface area contributed by atoms with Crippen molar-refractivity contribution in [2.24, 2.45) is 0 Å². The predicted molar refractivity (Wildman–Crippen MR) is 79.8 cm³/mol. The molecule has 1 aromatic carbocycles. The molecule has 0 fully saturated rings. The van der Waals surface area contributed by atoms with Crippen LogP contribution in [0.5, 0.6) is 0 Å². The highest BCUT2D eigenvalue weighted by atomic mass is 35.5. The number of aryl methyl sites for hydroxylation is 1. The van der Waals surface area contributed by atoms with Crippen LogP contribution in [0.4, 0.5) is 5.69 Å². The first-order chi connectivity index (χ1) is 9.56. The number of benzene rings is 1. The fourth-order valence-electron chi connectivity index (χ4n) is 1.74. The van der Waals surface area contributed by atoms with E-state index in [9.17, 15) is 4.79 Å². The first kappa shape index (κ1) is 14.5. The van der Waals surface area contributed by atoms with E-state index in [0.717, 1.165) is 17.0 Å². The van der Waals surface area contributed by atoms with Gasteiger partial charge in [0.15, 0.2) is 0 Å². The molecule has 0 radical (unpaired) electrons. The zero-order valence-corrected chi connectivity index (χ0v) is 12.2. The van der Waals surface area contributed by atoms with E-state index in [1.807, 2.05) is 31.2 Å². The summed E-state index contributed by atoms with van der Waals surface area (Å²) in [6.07, 6.45) is 1.58. The molecule has 2 rings (SSSR count). The van der Waals surface area contributed by atoms with Crippen LogP contribution in [0, 0.1) is 6.92 Å². The highest BCUT2D eigenvalue weighted by Gasteiger charge is 2.13. The molecule has 0 saturated heterocycles. The molecule has 2 N–H and O–H groups in total. The minimum Gasteiger partial charge on any atom is -0.467 e. The van der Waals surface area contributed by atoms with Crippen molar-refractivity contribution in [2.45, 2.75) is 26.4 Å². The molecular weight excluding hydrogens is 276 g/mol. The van der Waals surface area contributed by atoms with Crippen molar-refractivity contribution in [1.29, 1.82) is 0 Å². The van der Waals surface area contributed by atoms with Crippen molar-refractivity contribution in [3.05, 3.63) is 52.9 Å². The summed E-state index contributed by atoms with van der Waals surface area (Å²) in [7, 11) is 0. The second-order valence-corrected chi connectivity index (χ2v) is 5.03. The van der Waals surface area contributed by atoms with Gasteiger partial charge in [0.2, 0.25) is 5.91 Å². The van der Waals surface area contributed by atoms with Gasteiger partial charge in [-0.2, -0.15) is 0 Å². The van der Waals surface area contributed by atoms with Crippen molar-refractivity contribution in [1.82, 2.24) is 5.32 Å². The molecule has 1 heterocycles. The number of anilines is 1. The Bertz CT molecular complexity index is 582. The van der Waals surface area contributed by atoms with Crippen LogP contribution in [0.3, 0.4) is 0 Å². The van der Waals surface area contributed by atoms with Gasteiger partial charge in [-0.25, -0.2) is 0 Å². The molecule has 1 atom stereocenters. The van der Waals surface area contributed by atoms with Gasteiger partial charge in [0.05, 0.1) is 12.8 Å². The number of furan rings is 1. The summed E-state index contributed by atoms with van der Waals surface area (Å²) >= 11 is 6.05. The van der Waals surface area contributed by atoms with E-state index < -0.39 is 0 Å². The first-order valence-electron chi connectivity index (χ1n) is 6.39. The molecule has 5 heteroatoms. The number of rotatable bonds is 5.